The number of nitrogens with zero attached hydrogens (tertiary/aromatic N) is 2. The fourth-order valence-electron chi connectivity index (χ4n) is 3.37. The van der Waals surface area contributed by atoms with Crippen molar-refractivity contribution in [1.82, 2.24) is 10.4 Å². The largest absolute Gasteiger partial charge is 0.272 e. The molecule has 0 radical (unpaired) electrons. The number of fused-ring (bicyclic) bond motifs is 1. The van der Waals surface area contributed by atoms with Gasteiger partial charge in [0.2, 0.25) is 0 Å². The van der Waals surface area contributed by atoms with E-state index in [-0.39, 0.29) is 5.91 Å². The summed E-state index contributed by atoms with van der Waals surface area (Å²) in [6.45, 7) is 6.15. The first-order chi connectivity index (χ1) is 15.0. The van der Waals surface area contributed by atoms with Gasteiger partial charge < -0.3 is 0 Å². The average molecular weight is 448 g/mol. The smallest absolute Gasteiger partial charge is 0.267 e. The Kier molecular flexibility index (Phi) is 6.16. The molecule has 0 bridgehead atoms. The molecule has 0 spiro atoms. The SMILES string of the molecule is CC/C(=N/NC(=O)c1cc(-c2ccc(C)c(C)c2)nc2ccccc12)c1ccc(Cl)s1. The van der Waals surface area contributed by atoms with Crippen LogP contribution in [0.4, 0.5) is 0 Å². The maximum Gasteiger partial charge on any atom is 0.272 e. The summed E-state index contributed by atoms with van der Waals surface area (Å²) in [7, 11) is 0. The zero-order valence-electron chi connectivity index (χ0n) is 17.6. The molecule has 156 valence electrons. The van der Waals surface area contributed by atoms with Crippen LogP contribution < -0.4 is 5.43 Å². The lowest BCUT2D eigenvalue weighted by molar-refractivity contribution is 0.0956. The minimum absolute atomic E-state index is 0.266. The summed E-state index contributed by atoms with van der Waals surface area (Å²) in [6.07, 6.45) is 0.683. The van der Waals surface area contributed by atoms with E-state index in [1.807, 2.05) is 55.5 Å². The minimum atomic E-state index is -0.266. The molecule has 0 atom stereocenters. The Morgan fingerprint density at radius 2 is 1.87 bits per heavy atom. The topological polar surface area (TPSA) is 54.4 Å². The summed E-state index contributed by atoms with van der Waals surface area (Å²) in [5.41, 5.74) is 8.99. The lowest BCUT2D eigenvalue weighted by Gasteiger charge is -2.11. The van der Waals surface area contributed by atoms with E-state index in [2.05, 4.69) is 36.5 Å². The van der Waals surface area contributed by atoms with E-state index in [4.69, 9.17) is 16.6 Å². The van der Waals surface area contributed by atoms with Crippen LogP contribution in [-0.4, -0.2) is 16.6 Å². The Bertz CT molecular complexity index is 1310. The van der Waals surface area contributed by atoms with Gasteiger partial charge in [-0.15, -0.1) is 11.3 Å². The second kappa shape index (κ2) is 9.00. The number of carbonyl (C=O) groups is 1. The van der Waals surface area contributed by atoms with E-state index in [0.29, 0.717) is 16.3 Å². The molecule has 0 saturated carbocycles. The molecule has 1 N–H and O–H groups in total. The second-order valence-electron chi connectivity index (χ2n) is 7.33. The van der Waals surface area contributed by atoms with E-state index in [9.17, 15) is 4.79 Å². The first-order valence-corrected chi connectivity index (χ1v) is 11.3. The number of hydrazone groups is 1. The Labute approximate surface area is 190 Å². The molecule has 2 aromatic carbocycles. The molecule has 0 saturated heterocycles. The van der Waals surface area contributed by atoms with Crippen molar-refractivity contribution in [3.63, 3.8) is 0 Å². The Morgan fingerprint density at radius 1 is 1.06 bits per heavy atom. The highest BCUT2D eigenvalue weighted by atomic mass is 35.5. The normalized spacial score (nSPS) is 11.7. The molecule has 1 amide bonds. The highest BCUT2D eigenvalue weighted by Crippen LogP contribution is 2.27. The predicted molar refractivity (Wildman–Crippen MR) is 130 cm³/mol. The quantitative estimate of drug-likeness (QED) is 0.271. The zero-order valence-corrected chi connectivity index (χ0v) is 19.1. The summed E-state index contributed by atoms with van der Waals surface area (Å²) in [5.74, 6) is -0.266. The molecule has 0 unspecified atom stereocenters. The van der Waals surface area contributed by atoms with Crippen LogP contribution in [0.5, 0.6) is 0 Å². The van der Waals surface area contributed by atoms with Crippen LogP contribution in [0.15, 0.2) is 65.8 Å². The monoisotopic (exact) mass is 447 g/mol. The first-order valence-electron chi connectivity index (χ1n) is 10.1. The highest BCUT2D eigenvalue weighted by molar-refractivity contribution is 7.18. The van der Waals surface area contributed by atoms with Crippen molar-refractivity contribution in [3.8, 4) is 11.3 Å². The van der Waals surface area contributed by atoms with Gasteiger partial charge in [0, 0.05) is 10.9 Å². The van der Waals surface area contributed by atoms with Crippen LogP contribution in [-0.2, 0) is 0 Å². The van der Waals surface area contributed by atoms with Crippen LogP contribution in [0.2, 0.25) is 4.34 Å². The molecule has 4 rings (SSSR count). The van der Waals surface area contributed by atoms with Crippen LogP contribution in [0.3, 0.4) is 0 Å². The molecule has 4 aromatic rings. The van der Waals surface area contributed by atoms with Gasteiger partial charge in [-0.05, 0) is 61.7 Å². The number of hydrogen-bond donors (Lipinski definition) is 1. The number of halogens is 1. The van der Waals surface area contributed by atoms with Gasteiger partial charge in [0.15, 0.2) is 0 Å². The Hall–Kier alpha value is -3.02. The van der Waals surface area contributed by atoms with E-state index >= 15 is 0 Å². The third-order valence-corrected chi connectivity index (χ3v) is 6.53. The summed E-state index contributed by atoms with van der Waals surface area (Å²) < 4.78 is 0.695. The number of rotatable bonds is 5. The molecule has 6 heteroatoms. The van der Waals surface area contributed by atoms with E-state index in [0.717, 1.165) is 32.7 Å². The lowest BCUT2D eigenvalue weighted by Crippen LogP contribution is -2.20. The molecule has 4 nitrogen and oxygen atoms in total. The Balaban J connectivity index is 1.74. The van der Waals surface area contributed by atoms with Crippen LogP contribution in [0.25, 0.3) is 22.2 Å². The van der Waals surface area contributed by atoms with Crippen molar-refractivity contribution in [2.75, 3.05) is 0 Å². The molecule has 2 aromatic heterocycles. The molecule has 2 heterocycles. The van der Waals surface area contributed by atoms with Crippen molar-refractivity contribution in [2.24, 2.45) is 5.10 Å². The van der Waals surface area contributed by atoms with Crippen molar-refractivity contribution >= 4 is 45.5 Å². The third kappa shape index (κ3) is 4.53. The van der Waals surface area contributed by atoms with Gasteiger partial charge in [-0.1, -0.05) is 48.9 Å². The van der Waals surface area contributed by atoms with Gasteiger partial charge in [-0.3, -0.25) is 4.79 Å². The fraction of sp³-hybridized carbons (Fsp3) is 0.160. The number of thiophene rings is 1. The standard InChI is InChI=1S/C25H22ClN3OS/c1-4-20(23-11-12-24(26)31-23)28-29-25(30)19-14-22(17-10-9-15(2)16(3)13-17)27-21-8-6-5-7-18(19)21/h5-14H,4H2,1-3H3,(H,29,30)/b28-20-. The number of benzene rings is 2. The van der Waals surface area contributed by atoms with Gasteiger partial charge in [-0.25, -0.2) is 10.4 Å². The van der Waals surface area contributed by atoms with Gasteiger partial charge in [0.25, 0.3) is 5.91 Å². The minimum Gasteiger partial charge on any atom is -0.267 e. The van der Waals surface area contributed by atoms with Gasteiger partial charge >= 0.3 is 0 Å². The van der Waals surface area contributed by atoms with Gasteiger partial charge in [-0.2, -0.15) is 5.10 Å². The third-order valence-electron chi connectivity index (χ3n) is 5.25. The number of hydrogen-bond acceptors (Lipinski definition) is 4. The molecular formula is C25H22ClN3OS. The molecule has 0 aliphatic heterocycles. The molecule has 0 aliphatic rings. The van der Waals surface area contributed by atoms with Gasteiger partial charge in [0.05, 0.1) is 31.7 Å². The predicted octanol–water partition coefficient (Wildman–Crippen LogP) is 6.78. The number of para-hydroxylation sites is 1. The molecule has 31 heavy (non-hydrogen) atoms. The molecular weight excluding hydrogens is 426 g/mol. The second-order valence-corrected chi connectivity index (χ2v) is 9.04. The van der Waals surface area contributed by atoms with Crippen molar-refractivity contribution < 1.29 is 4.79 Å². The van der Waals surface area contributed by atoms with Crippen molar-refractivity contribution in [1.29, 1.82) is 0 Å². The Morgan fingerprint density at radius 3 is 2.58 bits per heavy atom. The van der Waals surface area contributed by atoms with Crippen LogP contribution in [0, 0.1) is 13.8 Å². The number of nitrogens with one attached hydrogen (secondary N) is 1. The highest BCUT2D eigenvalue weighted by Gasteiger charge is 2.15. The lowest BCUT2D eigenvalue weighted by atomic mass is 10.0. The van der Waals surface area contributed by atoms with E-state index in [1.165, 1.54) is 22.5 Å². The number of pyridine rings is 1. The van der Waals surface area contributed by atoms with Crippen LogP contribution in [0.1, 0.15) is 39.7 Å². The number of carbonyl (C=O) groups excluding carboxylic acids is 1. The van der Waals surface area contributed by atoms with Crippen LogP contribution >= 0.6 is 22.9 Å². The molecule has 0 fully saturated rings. The maximum atomic E-state index is 13.2. The van der Waals surface area contributed by atoms with Crippen molar-refractivity contribution in [2.45, 2.75) is 27.2 Å². The summed E-state index contributed by atoms with van der Waals surface area (Å²) in [6, 6.07) is 19.5. The molecule has 0 aliphatic carbocycles. The fourth-order valence-corrected chi connectivity index (χ4v) is 4.47. The van der Waals surface area contributed by atoms with Gasteiger partial charge in [0.1, 0.15) is 0 Å². The number of aryl methyl sites for hydroxylation is 2. The first kappa shape index (κ1) is 21.2. The summed E-state index contributed by atoms with van der Waals surface area (Å²) >= 11 is 7.50. The van der Waals surface area contributed by atoms with Crippen molar-refractivity contribution in [3.05, 3.63) is 86.6 Å². The van der Waals surface area contributed by atoms with E-state index in [1.54, 1.807) is 0 Å². The zero-order chi connectivity index (χ0) is 22.0. The maximum absolute atomic E-state index is 13.2. The van der Waals surface area contributed by atoms with E-state index < -0.39 is 0 Å². The summed E-state index contributed by atoms with van der Waals surface area (Å²) in [5, 5.41) is 5.18. The summed E-state index contributed by atoms with van der Waals surface area (Å²) in [4.78, 5) is 18.9. The number of aromatic nitrogens is 1. The average Bonchev–Trinajstić information content (AvgIpc) is 3.21. The number of amides is 1.